The number of hydrogen-bond acceptors (Lipinski definition) is 7. The summed E-state index contributed by atoms with van der Waals surface area (Å²) in [6, 6.07) is 0. The Bertz CT molecular complexity index is 390. The van der Waals surface area contributed by atoms with E-state index in [1.54, 1.807) is 0 Å². The van der Waals surface area contributed by atoms with Gasteiger partial charge in [-0.1, -0.05) is 0 Å². The van der Waals surface area contributed by atoms with Crippen LogP contribution in [-0.2, 0) is 14.3 Å². The second-order valence-electron chi connectivity index (χ2n) is 4.64. The van der Waals surface area contributed by atoms with Crippen LogP contribution in [0.15, 0.2) is 0 Å². The van der Waals surface area contributed by atoms with Gasteiger partial charge >= 0.3 is 0 Å². The maximum atomic E-state index is 11.9. The maximum absolute atomic E-state index is 11.9. The molecule has 2 fully saturated rings. The van der Waals surface area contributed by atoms with Gasteiger partial charge in [-0.15, -0.1) is 0 Å². The van der Waals surface area contributed by atoms with Gasteiger partial charge in [-0.05, 0) is 0 Å². The van der Waals surface area contributed by atoms with Gasteiger partial charge in [-0.2, -0.15) is 0 Å². The molecule has 2 saturated heterocycles. The zero-order valence-corrected chi connectivity index (χ0v) is 9.92. The SMILES string of the molecule is NC(=O)C1C(=O)N([C@H]2C[C@H](O)[C@@H](CO)O2)[C@H](O)[C@H]1O. The van der Waals surface area contributed by atoms with E-state index in [1.807, 2.05) is 0 Å². The van der Waals surface area contributed by atoms with Gasteiger partial charge in [0.15, 0.2) is 6.23 Å². The van der Waals surface area contributed by atoms with Crippen molar-refractivity contribution in [3.05, 3.63) is 0 Å². The molecule has 0 aromatic heterocycles. The average Bonchev–Trinajstić information content (AvgIpc) is 2.79. The first-order valence-corrected chi connectivity index (χ1v) is 5.80. The standard InChI is InChI=1S/C10H16N2O7/c11-8(16)6-7(15)10(18)12(9(6)17)5-1-3(14)4(2-13)19-5/h3-7,10,13-15,18H,1-2H2,(H2,11,16)/t3-,4+,5+,6?,7-,10+/m0/s1. The molecule has 2 heterocycles. The highest BCUT2D eigenvalue weighted by atomic mass is 16.5. The van der Waals surface area contributed by atoms with Crippen LogP contribution >= 0.6 is 0 Å². The molecule has 0 aromatic carbocycles. The number of hydrogen-bond donors (Lipinski definition) is 5. The molecule has 0 aliphatic carbocycles. The fraction of sp³-hybridized carbons (Fsp3) is 0.800. The Balaban J connectivity index is 2.17. The number of carbonyl (C=O) groups excluding carboxylic acids is 2. The molecular weight excluding hydrogens is 260 g/mol. The van der Waals surface area contributed by atoms with E-state index >= 15 is 0 Å². The maximum Gasteiger partial charge on any atom is 0.242 e. The number of aliphatic hydroxyl groups is 4. The highest BCUT2D eigenvalue weighted by Gasteiger charge is 2.54. The fourth-order valence-electron chi connectivity index (χ4n) is 2.43. The van der Waals surface area contributed by atoms with Crippen LogP contribution in [0.3, 0.4) is 0 Å². The quantitative estimate of drug-likeness (QED) is 0.330. The summed E-state index contributed by atoms with van der Waals surface area (Å²) in [5.74, 6) is -3.44. The van der Waals surface area contributed by atoms with Crippen molar-refractivity contribution in [1.29, 1.82) is 0 Å². The Morgan fingerprint density at radius 1 is 1.42 bits per heavy atom. The third-order valence-corrected chi connectivity index (χ3v) is 3.45. The van der Waals surface area contributed by atoms with E-state index in [1.165, 1.54) is 0 Å². The van der Waals surface area contributed by atoms with Gasteiger partial charge in [0.1, 0.15) is 24.4 Å². The Hall–Kier alpha value is -1.26. The van der Waals surface area contributed by atoms with Gasteiger partial charge in [0.2, 0.25) is 11.8 Å². The summed E-state index contributed by atoms with van der Waals surface area (Å²) in [6.07, 6.45) is -6.21. The fourth-order valence-corrected chi connectivity index (χ4v) is 2.43. The van der Waals surface area contributed by atoms with E-state index in [4.69, 9.17) is 15.6 Å². The molecule has 0 radical (unpaired) electrons. The van der Waals surface area contributed by atoms with Gasteiger partial charge in [-0.3, -0.25) is 14.5 Å². The number of likely N-dealkylation sites (tertiary alicyclic amines) is 1. The largest absolute Gasteiger partial charge is 0.394 e. The van der Waals surface area contributed by atoms with Crippen LogP contribution < -0.4 is 5.73 Å². The molecule has 0 saturated carbocycles. The monoisotopic (exact) mass is 276 g/mol. The van der Waals surface area contributed by atoms with Crippen LogP contribution in [0.5, 0.6) is 0 Å². The molecule has 0 bridgehead atoms. The minimum atomic E-state index is -1.64. The first kappa shape index (κ1) is 14.2. The van der Waals surface area contributed by atoms with Crippen LogP contribution in [0, 0.1) is 5.92 Å². The first-order chi connectivity index (χ1) is 8.88. The van der Waals surface area contributed by atoms with Gasteiger partial charge in [0.25, 0.3) is 0 Å². The highest BCUT2D eigenvalue weighted by Crippen LogP contribution is 2.32. The smallest absolute Gasteiger partial charge is 0.242 e. The lowest BCUT2D eigenvalue weighted by atomic mass is 10.1. The third-order valence-electron chi connectivity index (χ3n) is 3.45. The molecule has 1 unspecified atom stereocenters. The molecule has 2 rings (SSSR count). The van der Waals surface area contributed by atoms with Crippen molar-refractivity contribution in [2.24, 2.45) is 11.7 Å². The molecule has 9 heteroatoms. The number of rotatable bonds is 3. The normalized spacial score (nSPS) is 42.9. The van der Waals surface area contributed by atoms with E-state index in [2.05, 4.69) is 0 Å². The summed E-state index contributed by atoms with van der Waals surface area (Å²) in [7, 11) is 0. The highest BCUT2D eigenvalue weighted by molar-refractivity contribution is 6.02. The lowest BCUT2D eigenvalue weighted by molar-refractivity contribution is -0.162. The number of nitrogens with two attached hydrogens (primary N) is 1. The number of aliphatic hydroxyl groups excluding tert-OH is 4. The average molecular weight is 276 g/mol. The summed E-state index contributed by atoms with van der Waals surface area (Å²) in [5.41, 5.74) is 4.99. The Morgan fingerprint density at radius 3 is 2.47 bits per heavy atom. The van der Waals surface area contributed by atoms with Crippen LogP contribution in [0.2, 0.25) is 0 Å². The summed E-state index contributed by atoms with van der Waals surface area (Å²) in [6.45, 7) is -0.447. The first-order valence-electron chi connectivity index (χ1n) is 5.80. The second-order valence-corrected chi connectivity index (χ2v) is 4.64. The molecule has 0 spiro atoms. The molecule has 2 amide bonds. The molecule has 2 aliphatic rings. The van der Waals surface area contributed by atoms with Crippen LogP contribution in [0.4, 0.5) is 0 Å². The minimum Gasteiger partial charge on any atom is -0.394 e. The van der Waals surface area contributed by atoms with E-state index in [9.17, 15) is 24.9 Å². The molecule has 19 heavy (non-hydrogen) atoms. The minimum absolute atomic E-state index is 0.0355. The van der Waals surface area contributed by atoms with Gasteiger partial charge in [0, 0.05) is 6.42 Å². The van der Waals surface area contributed by atoms with Crippen molar-refractivity contribution in [3.63, 3.8) is 0 Å². The van der Waals surface area contributed by atoms with Crippen molar-refractivity contribution >= 4 is 11.8 Å². The second kappa shape index (κ2) is 5.02. The summed E-state index contributed by atoms with van der Waals surface area (Å²) < 4.78 is 5.21. The Kier molecular flexibility index (Phi) is 3.74. The number of nitrogens with zero attached hydrogens (tertiary/aromatic N) is 1. The van der Waals surface area contributed by atoms with Gasteiger partial charge in [0.05, 0.1) is 12.7 Å². The number of primary amides is 1. The van der Waals surface area contributed by atoms with E-state index in [-0.39, 0.29) is 6.42 Å². The van der Waals surface area contributed by atoms with Crippen molar-refractivity contribution < 1.29 is 34.8 Å². The molecule has 2 aliphatic heterocycles. The van der Waals surface area contributed by atoms with Crippen LogP contribution in [0.1, 0.15) is 6.42 Å². The molecule has 6 atom stereocenters. The van der Waals surface area contributed by atoms with E-state index in [0.717, 1.165) is 4.90 Å². The molecule has 0 aromatic rings. The predicted molar refractivity (Wildman–Crippen MR) is 57.9 cm³/mol. The molecule has 9 nitrogen and oxygen atoms in total. The van der Waals surface area contributed by atoms with Crippen LogP contribution in [0.25, 0.3) is 0 Å². The molecule has 108 valence electrons. The Morgan fingerprint density at radius 2 is 2.05 bits per heavy atom. The summed E-state index contributed by atoms with van der Waals surface area (Å²) in [4.78, 5) is 23.8. The summed E-state index contributed by atoms with van der Waals surface area (Å²) >= 11 is 0. The topological polar surface area (TPSA) is 154 Å². The molecular formula is C10H16N2O7. The Labute approximate surface area is 108 Å². The van der Waals surface area contributed by atoms with Gasteiger partial charge in [-0.25, -0.2) is 0 Å². The van der Waals surface area contributed by atoms with Gasteiger partial charge < -0.3 is 30.9 Å². The number of amides is 2. The predicted octanol–water partition coefficient (Wildman–Crippen LogP) is -3.92. The lowest BCUT2D eigenvalue weighted by Gasteiger charge is -2.27. The zero-order chi connectivity index (χ0) is 14.3. The van der Waals surface area contributed by atoms with E-state index < -0.39 is 55.1 Å². The number of carbonyl (C=O) groups is 2. The van der Waals surface area contributed by atoms with Crippen molar-refractivity contribution in [2.75, 3.05) is 6.61 Å². The third kappa shape index (κ3) is 2.19. The van der Waals surface area contributed by atoms with Crippen LogP contribution in [-0.4, -0.2) is 74.5 Å². The van der Waals surface area contributed by atoms with Crippen molar-refractivity contribution in [2.45, 2.75) is 37.2 Å². The van der Waals surface area contributed by atoms with Crippen molar-refractivity contribution in [3.8, 4) is 0 Å². The van der Waals surface area contributed by atoms with Crippen molar-refractivity contribution in [1.82, 2.24) is 4.90 Å². The lowest BCUT2D eigenvalue weighted by Crippen LogP contribution is -2.44. The zero-order valence-electron chi connectivity index (χ0n) is 9.92. The molecule has 6 N–H and O–H groups in total. The summed E-state index contributed by atoms with van der Waals surface area (Å²) in [5, 5.41) is 37.9. The van der Waals surface area contributed by atoms with E-state index in [0.29, 0.717) is 0 Å². The number of ether oxygens (including phenoxy) is 1.